The van der Waals surface area contributed by atoms with Crippen LogP contribution < -0.4 is 10.6 Å². The van der Waals surface area contributed by atoms with Crippen molar-refractivity contribution in [3.8, 4) is 11.3 Å². The quantitative estimate of drug-likeness (QED) is 0.456. The number of likely N-dealkylation sites (tertiary alicyclic amines) is 1. The molecular weight excluding hydrogens is 428 g/mol. The fourth-order valence-electron chi connectivity index (χ4n) is 4.41. The minimum atomic E-state index is -2.55. The molecule has 0 atom stereocenters. The second-order valence-corrected chi connectivity index (χ2v) is 9.28. The Bertz CT molecular complexity index is 889. The van der Waals surface area contributed by atoms with Gasteiger partial charge >= 0.3 is 0 Å². The number of nitrogens with one attached hydrogen (secondary N) is 2. The minimum Gasteiger partial charge on any atom is -0.460 e. The summed E-state index contributed by atoms with van der Waals surface area (Å²) in [6, 6.07) is 4.03. The van der Waals surface area contributed by atoms with Crippen LogP contribution in [0.2, 0.25) is 0 Å². The predicted octanol–water partition coefficient (Wildman–Crippen LogP) is 4.90. The summed E-state index contributed by atoms with van der Waals surface area (Å²) >= 11 is 0. The molecule has 2 fully saturated rings. The van der Waals surface area contributed by atoms with E-state index in [2.05, 4.69) is 22.5 Å². The van der Waals surface area contributed by atoms with Crippen LogP contribution in [0.25, 0.3) is 11.3 Å². The molecule has 0 aromatic carbocycles. The topological polar surface area (TPSA) is 86.5 Å². The molecule has 7 nitrogen and oxygen atoms in total. The number of piperidine rings is 1. The van der Waals surface area contributed by atoms with E-state index in [0.29, 0.717) is 37.2 Å². The normalized spacial score (nSPS) is 23.4. The highest BCUT2D eigenvalue weighted by Gasteiger charge is 2.34. The fraction of sp³-hybridized carbons (Fsp3) is 0.667. The van der Waals surface area contributed by atoms with Gasteiger partial charge in [0.15, 0.2) is 0 Å². The van der Waals surface area contributed by atoms with Gasteiger partial charge in [0.05, 0.1) is 18.2 Å². The van der Waals surface area contributed by atoms with Crippen molar-refractivity contribution in [2.24, 2.45) is 0 Å². The number of unbranched alkanes of at least 4 members (excludes halogenated alkanes) is 1. The van der Waals surface area contributed by atoms with Crippen LogP contribution in [-0.4, -0.2) is 57.7 Å². The Balaban J connectivity index is 1.48. The van der Waals surface area contributed by atoms with E-state index in [9.17, 15) is 13.9 Å². The van der Waals surface area contributed by atoms with Crippen molar-refractivity contribution in [1.29, 1.82) is 0 Å². The first kappa shape index (κ1) is 23.9. The van der Waals surface area contributed by atoms with E-state index in [1.165, 1.54) is 0 Å². The maximum absolute atomic E-state index is 13.4. The largest absolute Gasteiger partial charge is 0.460 e. The fourth-order valence-corrected chi connectivity index (χ4v) is 4.41. The van der Waals surface area contributed by atoms with Gasteiger partial charge in [-0.1, -0.05) is 13.3 Å². The minimum absolute atomic E-state index is 0.106. The molecule has 2 aromatic heterocycles. The summed E-state index contributed by atoms with van der Waals surface area (Å²) in [5, 5.41) is 16.6. The zero-order valence-corrected chi connectivity index (χ0v) is 19.3. The Morgan fingerprint density at radius 2 is 1.94 bits per heavy atom. The molecule has 3 N–H and O–H groups in total. The number of anilines is 2. The number of alkyl halides is 2. The Labute approximate surface area is 194 Å². The Hall–Kier alpha value is -2.26. The summed E-state index contributed by atoms with van der Waals surface area (Å²) in [6.07, 6.45) is 6.78. The molecule has 9 heteroatoms. The van der Waals surface area contributed by atoms with E-state index in [1.807, 2.05) is 17.0 Å². The van der Waals surface area contributed by atoms with Crippen LogP contribution in [0.15, 0.2) is 22.7 Å². The molecule has 1 saturated heterocycles. The van der Waals surface area contributed by atoms with Gasteiger partial charge in [0.2, 0.25) is 5.95 Å². The van der Waals surface area contributed by atoms with Gasteiger partial charge in [-0.05, 0) is 44.2 Å². The predicted molar refractivity (Wildman–Crippen MR) is 124 cm³/mol. The first-order valence-corrected chi connectivity index (χ1v) is 12.2. The maximum Gasteiger partial charge on any atom is 0.250 e. The number of aliphatic hydroxyl groups excluding tert-OH is 1. The third-order valence-electron chi connectivity index (χ3n) is 6.53. The van der Waals surface area contributed by atoms with Crippen LogP contribution in [0, 0.1) is 0 Å². The highest BCUT2D eigenvalue weighted by atomic mass is 19.3. The molecule has 2 aliphatic rings. The van der Waals surface area contributed by atoms with E-state index in [0.717, 1.165) is 56.4 Å². The zero-order valence-electron chi connectivity index (χ0n) is 19.3. The van der Waals surface area contributed by atoms with Crippen molar-refractivity contribution in [2.75, 3.05) is 30.3 Å². The van der Waals surface area contributed by atoms with Crippen LogP contribution in [0.3, 0.4) is 0 Å². The van der Waals surface area contributed by atoms with Gasteiger partial charge in [0, 0.05) is 44.7 Å². The van der Waals surface area contributed by atoms with Crippen molar-refractivity contribution in [1.82, 2.24) is 14.9 Å². The molecular formula is C24H35F2N5O2. The standard InChI is InChI=1S/C24H35F2N5O2/c1-2-3-12-27-23-28-15-20(22(30-23)29-17-4-6-18(32)7-5-17)21-9-8-19(33-21)16-31-13-10-24(25,26)11-14-31/h8-9,15,17-18,32H,2-7,10-14,16H2,1H3,(H2,27,28,29,30)/t17-,18-. The van der Waals surface area contributed by atoms with Crippen LogP contribution in [0.4, 0.5) is 20.5 Å². The number of halogens is 2. The van der Waals surface area contributed by atoms with E-state index < -0.39 is 5.92 Å². The molecule has 1 saturated carbocycles. The van der Waals surface area contributed by atoms with Gasteiger partial charge in [0.1, 0.15) is 17.3 Å². The molecule has 0 unspecified atom stereocenters. The zero-order chi connectivity index (χ0) is 23.3. The molecule has 3 heterocycles. The van der Waals surface area contributed by atoms with Gasteiger partial charge in [-0.15, -0.1) is 0 Å². The van der Waals surface area contributed by atoms with Crippen molar-refractivity contribution < 1.29 is 18.3 Å². The van der Waals surface area contributed by atoms with Gasteiger partial charge < -0.3 is 20.2 Å². The van der Waals surface area contributed by atoms with Crippen LogP contribution in [0.1, 0.15) is 64.1 Å². The Kier molecular flexibility index (Phi) is 7.80. The number of nitrogens with zero attached hydrogens (tertiary/aromatic N) is 3. The summed E-state index contributed by atoms with van der Waals surface area (Å²) in [5.41, 5.74) is 0.776. The first-order chi connectivity index (χ1) is 15.9. The molecule has 182 valence electrons. The summed E-state index contributed by atoms with van der Waals surface area (Å²) in [7, 11) is 0. The lowest BCUT2D eigenvalue weighted by Gasteiger charge is -2.30. The second kappa shape index (κ2) is 10.8. The Morgan fingerprint density at radius 3 is 2.67 bits per heavy atom. The third kappa shape index (κ3) is 6.63. The molecule has 0 radical (unpaired) electrons. The van der Waals surface area contributed by atoms with Gasteiger partial charge in [0.25, 0.3) is 5.92 Å². The molecule has 1 aliphatic heterocycles. The van der Waals surface area contributed by atoms with Crippen molar-refractivity contribution >= 4 is 11.8 Å². The summed E-state index contributed by atoms with van der Waals surface area (Å²) < 4.78 is 33.0. The molecule has 0 spiro atoms. The van der Waals surface area contributed by atoms with Gasteiger partial charge in [-0.3, -0.25) is 4.90 Å². The smallest absolute Gasteiger partial charge is 0.250 e. The monoisotopic (exact) mass is 463 g/mol. The lowest BCUT2D eigenvalue weighted by atomic mass is 9.93. The number of aliphatic hydroxyl groups is 1. The number of furan rings is 1. The molecule has 0 amide bonds. The average Bonchev–Trinajstić information content (AvgIpc) is 3.25. The average molecular weight is 464 g/mol. The number of aromatic nitrogens is 2. The van der Waals surface area contributed by atoms with E-state index >= 15 is 0 Å². The molecule has 2 aromatic rings. The highest BCUT2D eigenvalue weighted by molar-refractivity contribution is 5.72. The van der Waals surface area contributed by atoms with Crippen molar-refractivity contribution in [2.45, 2.75) is 82.9 Å². The summed E-state index contributed by atoms with van der Waals surface area (Å²) in [6.45, 7) is 4.19. The number of rotatable bonds is 9. The number of hydrogen-bond acceptors (Lipinski definition) is 7. The van der Waals surface area contributed by atoms with Gasteiger partial charge in [-0.2, -0.15) is 4.98 Å². The van der Waals surface area contributed by atoms with E-state index in [-0.39, 0.29) is 25.0 Å². The van der Waals surface area contributed by atoms with E-state index in [4.69, 9.17) is 9.40 Å². The molecule has 33 heavy (non-hydrogen) atoms. The maximum atomic E-state index is 13.4. The molecule has 1 aliphatic carbocycles. The van der Waals surface area contributed by atoms with Crippen molar-refractivity contribution in [3.63, 3.8) is 0 Å². The summed E-state index contributed by atoms with van der Waals surface area (Å²) in [4.78, 5) is 11.2. The first-order valence-electron chi connectivity index (χ1n) is 12.2. The van der Waals surface area contributed by atoms with Crippen LogP contribution >= 0.6 is 0 Å². The second-order valence-electron chi connectivity index (χ2n) is 9.28. The SMILES string of the molecule is CCCCNc1ncc(-c2ccc(CN3CCC(F)(F)CC3)o2)c(N[C@H]2CC[C@H](O)CC2)n1. The molecule has 0 bridgehead atoms. The van der Waals surface area contributed by atoms with Crippen LogP contribution in [-0.2, 0) is 6.54 Å². The lowest BCUT2D eigenvalue weighted by Crippen LogP contribution is -2.38. The van der Waals surface area contributed by atoms with Crippen LogP contribution in [0.5, 0.6) is 0 Å². The van der Waals surface area contributed by atoms with Crippen molar-refractivity contribution in [3.05, 3.63) is 24.1 Å². The molecule has 4 rings (SSSR count). The summed E-state index contributed by atoms with van der Waals surface area (Å²) in [5.74, 6) is 0.138. The highest BCUT2D eigenvalue weighted by Crippen LogP contribution is 2.32. The third-order valence-corrected chi connectivity index (χ3v) is 6.53. The Morgan fingerprint density at radius 1 is 1.18 bits per heavy atom. The van der Waals surface area contributed by atoms with Gasteiger partial charge in [-0.25, -0.2) is 13.8 Å². The number of hydrogen-bond donors (Lipinski definition) is 3. The lowest BCUT2D eigenvalue weighted by molar-refractivity contribution is -0.0575. The van der Waals surface area contributed by atoms with E-state index in [1.54, 1.807) is 6.20 Å².